The molecule has 2 N–H and O–H groups in total. The van der Waals surface area contributed by atoms with Crippen LogP contribution in [0.1, 0.15) is 88.6 Å². The molecule has 5 heteroatoms. The number of hydrogen-bond acceptors (Lipinski definition) is 3. The highest BCUT2D eigenvalue weighted by atomic mass is 19.1. The van der Waals surface area contributed by atoms with Gasteiger partial charge in [0.25, 0.3) is 0 Å². The lowest BCUT2D eigenvalue weighted by Crippen LogP contribution is -2.30. The quantitative estimate of drug-likeness (QED) is 0.159. The van der Waals surface area contributed by atoms with Gasteiger partial charge in [0.1, 0.15) is 5.82 Å². The van der Waals surface area contributed by atoms with Crippen LogP contribution in [0.2, 0.25) is 0 Å². The minimum absolute atomic E-state index is 0. The first-order chi connectivity index (χ1) is 18.6. The summed E-state index contributed by atoms with van der Waals surface area (Å²) in [6.45, 7) is 21.6. The lowest BCUT2D eigenvalue weighted by Gasteiger charge is -2.19. The second-order valence-corrected chi connectivity index (χ2v) is 9.53. The Morgan fingerprint density at radius 1 is 1.26 bits per heavy atom. The van der Waals surface area contributed by atoms with Crippen LogP contribution in [-0.2, 0) is 4.79 Å². The highest BCUT2D eigenvalue weighted by molar-refractivity contribution is 5.92. The summed E-state index contributed by atoms with van der Waals surface area (Å²) in [5.74, 6) is 6.13. The SMILES string of the molecule is C=C/C(=C\C=C(/C)C1CC1)CC(=O)Nc1ccc(F)c([C@H](C)NC(C)C=N/C(=C/C#CCC)C(=C)C)c1.CC.[HH].[HH]. The maximum Gasteiger partial charge on any atom is 0.228 e. The van der Waals surface area contributed by atoms with Gasteiger partial charge in [-0.3, -0.25) is 9.79 Å². The molecule has 0 bridgehead atoms. The molecule has 0 radical (unpaired) electrons. The highest BCUT2D eigenvalue weighted by Gasteiger charge is 2.22. The van der Waals surface area contributed by atoms with Gasteiger partial charge < -0.3 is 10.6 Å². The molecule has 0 saturated heterocycles. The van der Waals surface area contributed by atoms with Crippen molar-refractivity contribution in [3.05, 3.63) is 89.5 Å². The summed E-state index contributed by atoms with van der Waals surface area (Å²) in [7, 11) is 0. The molecule has 2 atom stereocenters. The molecule has 0 aromatic heterocycles. The van der Waals surface area contributed by atoms with Crippen LogP contribution in [-0.4, -0.2) is 18.2 Å². The standard InChI is InChI=1S/C32H40FN3O.C2H6.2H2/c1-8-10-11-12-31(22(3)4)34-21-24(6)35-25(7)29-20-28(17-18-30(29)33)36-32(37)19-26(9-2)14-13-23(5)27-15-16-27;1-2;;/h9,12-14,17-18,20-21,24-25,27,35H,2-3,8,15-16,19H2,1,4-7H3,(H,36,37);1-2H3;2*1H/b23-13+,26-14+,31-12+,34-21?;;;/t24?,25-;;;/m0.../s1. The monoisotopic (exact) mass is 535 g/mol. The van der Waals surface area contributed by atoms with Crippen LogP contribution in [0.3, 0.4) is 0 Å². The third-order valence-electron chi connectivity index (χ3n) is 6.03. The average molecular weight is 536 g/mol. The summed E-state index contributed by atoms with van der Waals surface area (Å²) >= 11 is 0. The molecule has 39 heavy (non-hydrogen) atoms. The molecule has 1 aliphatic rings. The molecule has 1 amide bonds. The summed E-state index contributed by atoms with van der Waals surface area (Å²) < 4.78 is 14.7. The minimum Gasteiger partial charge on any atom is -0.326 e. The molecule has 1 aliphatic carbocycles. The number of amides is 1. The molecule has 1 saturated carbocycles. The second kappa shape index (κ2) is 17.9. The van der Waals surface area contributed by atoms with Crippen LogP contribution >= 0.6 is 0 Å². The van der Waals surface area contributed by atoms with Crippen LogP contribution in [0.4, 0.5) is 10.1 Å². The molecule has 0 spiro atoms. The van der Waals surface area contributed by atoms with Gasteiger partial charge in [-0.2, -0.15) is 0 Å². The third-order valence-corrected chi connectivity index (χ3v) is 6.03. The molecule has 1 fully saturated rings. The number of carbonyl (C=O) groups excluding carboxylic acids is 1. The van der Waals surface area contributed by atoms with Crippen LogP contribution in [0.15, 0.2) is 83.1 Å². The molecule has 1 aromatic carbocycles. The van der Waals surface area contributed by atoms with Gasteiger partial charge in [-0.1, -0.05) is 69.6 Å². The van der Waals surface area contributed by atoms with E-state index in [-0.39, 0.29) is 33.1 Å². The summed E-state index contributed by atoms with van der Waals surface area (Å²) in [6, 6.07) is 4.17. The first-order valence-corrected chi connectivity index (χ1v) is 13.9. The van der Waals surface area contributed by atoms with Gasteiger partial charge in [-0.25, -0.2) is 4.39 Å². The number of rotatable bonds is 12. The number of allylic oxidation sites excluding steroid dienone is 6. The zero-order valence-corrected chi connectivity index (χ0v) is 24.8. The van der Waals surface area contributed by atoms with Crippen LogP contribution in [0, 0.1) is 23.6 Å². The summed E-state index contributed by atoms with van der Waals surface area (Å²) in [5, 5.41) is 6.22. The van der Waals surface area contributed by atoms with Gasteiger partial charge >= 0.3 is 0 Å². The third kappa shape index (κ3) is 12.7. The summed E-state index contributed by atoms with van der Waals surface area (Å²) in [5.41, 5.74) is 4.72. The first-order valence-electron chi connectivity index (χ1n) is 13.9. The number of carbonyl (C=O) groups is 1. The molecule has 2 rings (SSSR count). The van der Waals surface area contributed by atoms with Crippen molar-refractivity contribution >= 4 is 17.8 Å². The molecular formula is C34H50FN3O. The Balaban J connectivity index is 0. The number of nitrogens with one attached hydrogen (secondary N) is 2. The van der Waals surface area contributed by atoms with Crippen molar-refractivity contribution in [2.75, 3.05) is 5.32 Å². The van der Waals surface area contributed by atoms with Gasteiger partial charge in [0, 0.05) is 44.9 Å². The Morgan fingerprint density at radius 3 is 2.54 bits per heavy atom. The smallest absolute Gasteiger partial charge is 0.228 e. The molecule has 0 heterocycles. The Kier molecular flexibility index (Phi) is 15.4. The maximum atomic E-state index is 14.7. The summed E-state index contributed by atoms with van der Waals surface area (Å²) in [4.78, 5) is 17.1. The zero-order valence-electron chi connectivity index (χ0n) is 24.8. The fourth-order valence-electron chi connectivity index (χ4n) is 3.67. The second-order valence-electron chi connectivity index (χ2n) is 9.53. The number of nitrogens with zero attached hydrogens (tertiary/aromatic N) is 1. The number of anilines is 1. The zero-order chi connectivity index (χ0) is 29.4. The van der Waals surface area contributed by atoms with E-state index in [0.717, 1.165) is 17.6 Å². The molecule has 1 unspecified atom stereocenters. The van der Waals surface area contributed by atoms with Crippen LogP contribution in [0.25, 0.3) is 0 Å². The Labute approximate surface area is 238 Å². The van der Waals surface area contributed by atoms with Crippen molar-refractivity contribution in [2.24, 2.45) is 10.9 Å². The van der Waals surface area contributed by atoms with E-state index in [0.29, 0.717) is 22.9 Å². The van der Waals surface area contributed by atoms with Gasteiger partial charge in [0.05, 0.1) is 12.1 Å². The van der Waals surface area contributed by atoms with E-state index >= 15 is 0 Å². The molecule has 4 nitrogen and oxygen atoms in total. The van der Waals surface area contributed by atoms with Crippen molar-refractivity contribution < 1.29 is 12.0 Å². The fourth-order valence-corrected chi connectivity index (χ4v) is 3.67. The van der Waals surface area contributed by atoms with Gasteiger partial charge in [0.2, 0.25) is 5.91 Å². The lowest BCUT2D eigenvalue weighted by molar-refractivity contribution is -0.115. The van der Waals surface area contributed by atoms with Crippen molar-refractivity contribution in [2.45, 2.75) is 86.2 Å². The van der Waals surface area contributed by atoms with Gasteiger partial charge in [-0.15, -0.1) is 0 Å². The van der Waals surface area contributed by atoms with E-state index < -0.39 is 0 Å². The van der Waals surface area contributed by atoms with E-state index in [4.69, 9.17) is 0 Å². The van der Waals surface area contributed by atoms with E-state index in [1.165, 1.54) is 24.5 Å². The Hall–Kier alpha value is -3.49. The molecule has 0 aliphatic heterocycles. The molecule has 1 aromatic rings. The normalized spacial score (nSPS) is 15.4. The molecule has 214 valence electrons. The van der Waals surface area contributed by atoms with E-state index in [9.17, 15) is 9.18 Å². The number of benzene rings is 1. The maximum absolute atomic E-state index is 14.7. The number of hydrogen-bond donors (Lipinski definition) is 2. The van der Waals surface area contributed by atoms with Crippen molar-refractivity contribution in [3.63, 3.8) is 0 Å². The number of halogens is 1. The molecular weight excluding hydrogens is 485 g/mol. The van der Waals surface area contributed by atoms with E-state index in [1.54, 1.807) is 30.5 Å². The average Bonchev–Trinajstić information content (AvgIpc) is 3.76. The number of aliphatic imine (C=N–C) groups is 1. The topological polar surface area (TPSA) is 53.5 Å². The Bertz CT molecular complexity index is 1180. The van der Waals surface area contributed by atoms with Crippen LogP contribution in [0.5, 0.6) is 0 Å². The van der Waals surface area contributed by atoms with Gasteiger partial charge in [0.15, 0.2) is 0 Å². The van der Waals surface area contributed by atoms with Crippen molar-refractivity contribution in [3.8, 4) is 11.8 Å². The largest absolute Gasteiger partial charge is 0.326 e. The van der Waals surface area contributed by atoms with Crippen molar-refractivity contribution in [1.82, 2.24) is 5.32 Å². The van der Waals surface area contributed by atoms with Crippen molar-refractivity contribution in [1.29, 1.82) is 0 Å². The first kappa shape index (κ1) is 33.5. The fraction of sp³-hybridized carbons (Fsp3) is 0.412. The van der Waals surface area contributed by atoms with E-state index in [1.807, 2.05) is 47.6 Å². The van der Waals surface area contributed by atoms with Gasteiger partial charge in [-0.05, 0) is 75.8 Å². The predicted octanol–water partition coefficient (Wildman–Crippen LogP) is 9.12. The summed E-state index contributed by atoms with van der Waals surface area (Å²) in [6.07, 6.45) is 12.7. The highest BCUT2D eigenvalue weighted by Crippen LogP contribution is 2.36. The van der Waals surface area contributed by atoms with E-state index in [2.05, 4.69) is 53.6 Å². The Morgan fingerprint density at radius 2 is 1.95 bits per heavy atom. The predicted molar refractivity (Wildman–Crippen MR) is 170 cm³/mol. The van der Waals surface area contributed by atoms with Crippen LogP contribution < -0.4 is 10.6 Å². The minimum atomic E-state index is -0.341. The lowest BCUT2D eigenvalue weighted by atomic mass is 10.1.